The third kappa shape index (κ3) is 2.25. The van der Waals surface area contributed by atoms with Crippen LogP contribution < -0.4 is 0 Å². The summed E-state index contributed by atoms with van der Waals surface area (Å²) in [4.78, 5) is 3.91. The van der Waals surface area contributed by atoms with E-state index in [1.54, 1.807) is 12.3 Å². The first-order valence-electron chi connectivity index (χ1n) is 3.43. The molecular weight excluding hydrogens is 341 g/mol. The molecule has 0 N–H and O–H groups in total. The molecular formula is C9H5FNOW-. The van der Waals surface area contributed by atoms with Crippen LogP contribution in [0.25, 0.3) is 11.5 Å². The van der Waals surface area contributed by atoms with Gasteiger partial charge in [-0.05, 0) is 0 Å². The summed E-state index contributed by atoms with van der Waals surface area (Å²) in [5.41, 5.74) is 0.724. The summed E-state index contributed by atoms with van der Waals surface area (Å²) in [6, 6.07) is 6.84. The number of hydrogen-bond acceptors (Lipinski definition) is 2. The molecule has 13 heavy (non-hydrogen) atoms. The Kier molecular flexibility index (Phi) is 3.38. The Hall–Kier alpha value is -0.952. The van der Waals surface area contributed by atoms with Crippen molar-refractivity contribution < 1.29 is 29.9 Å². The summed E-state index contributed by atoms with van der Waals surface area (Å²) in [5, 5.41) is 0. The van der Waals surface area contributed by atoms with Gasteiger partial charge in [-0.15, -0.1) is 12.1 Å². The SMILES string of the molecule is Fc1[c-]cc(-c2ncco2)cc1.[W]. The van der Waals surface area contributed by atoms with Gasteiger partial charge in [0.05, 0.1) is 6.20 Å². The first-order chi connectivity index (χ1) is 5.86. The average Bonchev–Trinajstić information content (AvgIpc) is 2.58. The molecule has 0 amide bonds. The molecule has 0 aliphatic heterocycles. The summed E-state index contributed by atoms with van der Waals surface area (Å²) in [5.74, 6) is 0.0940. The second-order valence-corrected chi connectivity index (χ2v) is 2.26. The van der Waals surface area contributed by atoms with Crippen LogP contribution in [-0.2, 0) is 21.1 Å². The molecule has 2 nitrogen and oxygen atoms in total. The quantitative estimate of drug-likeness (QED) is 0.741. The van der Waals surface area contributed by atoms with E-state index in [9.17, 15) is 4.39 Å². The van der Waals surface area contributed by atoms with Crippen LogP contribution >= 0.6 is 0 Å². The fraction of sp³-hybridized carbons (Fsp3) is 0. The van der Waals surface area contributed by atoms with E-state index in [0.717, 1.165) is 5.56 Å². The van der Waals surface area contributed by atoms with Crippen LogP contribution in [-0.4, -0.2) is 4.98 Å². The summed E-state index contributed by atoms with van der Waals surface area (Å²) < 4.78 is 17.4. The van der Waals surface area contributed by atoms with Crippen molar-refractivity contribution in [1.29, 1.82) is 0 Å². The Morgan fingerprint density at radius 3 is 2.77 bits per heavy atom. The van der Waals surface area contributed by atoms with Crippen molar-refractivity contribution in [1.82, 2.24) is 4.98 Å². The first-order valence-corrected chi connectivity index (χ1v) is 3.43. The largest absolute Gasteiger partial charge is 0.456 e. The monoisotopic (exact) mass is 346 g/mol. The van der Waals surface area contributed by atoms with E-state index < -0.39 is 0 Å². The van der Waals surface area contributed by atoms with Crippen LogP contribution in [0, 0.1) is 11.9 Å². The van der Waals surface area contributed by atoms with Crippen molar-refractivity contribution in [3.05, 3.63) is 42.5 Å². The summed E-state index contributed by atoms with van der Waals surface area (Å²) in [7, 11) is 0. The summed E-state index contributed by atoms with van der Waals surface area (Å²) >= 11 is 0. The van der Waals surface area contributed by atoms with Gasteiger partial charge in [0.15, 0.2) is 5.89 Å². The normalized spacial score (nSPS) is 9.31. The van der Waals surface area contributed by atoms with Gasteiger partial charge in [-0.3, -0.25) is 0 Å². The van der Waals surface area contributed by atoms with Gasteiger partial charge in [-0.1, -0.05) is 5.56 Å². The number of hydrogen-bond donors (Lipinski definition) is 0. The Morgan fingerprint density at radius 2 is 2.23 bits per heavy atom. The van der Waals surface area contributed by atoms with Crippen LogP contribution in [0.5, 0.6) is 0 Å². The maximum atomic E-state index is 12.4. The maximum absolute atomic E-state index is 12.4. The van der Waals surface area contributed by atoms with Gasteiger partial charge < -0.3 is 4.42 Å². The molecule has 0 fully saturated rings. The van der Waals surface area contributed by atoms with Gasteiger partial charge in [-0.2, -0.15) is 12.1 Å². The fourth-order valence-corrected chi connectivity index (χ4v) is 0.905. The second kappa shape index (κ2) is 4.33. The number of rotatable bonds is 1. The first kappa shape index (κ1) is 10.1. The zero-order valence-corrected chi connectivity index (χ0v) is 9.46. The second-order valence-electron chi connectivity index (χ2n) is 2.26. The van der Waals surface area contributed by atoms with E-state index in [-0.39, 0.29) is 26.9 Å². The van der Waals surface area contributed by atoms with Crippen LogP contribution in [0.15, 0.2) is 35.1 Å². The van der Waals surface area contributed by atoms with Gasteiger partial charge in [0.25, 0.3) is 0 Å². The van der Waals surface area contributed by atoms with Crippen molar-refractivity contribution in [3.63, 3.8) is 0 Å². The van der Waals surface area contributed by atoms with Crippen LogP contribution in [0.4, 0.5) is 4.39 Å². The Bertz CT molecular complexity index is 358. The predicted octanol–water partition coefficient (Wildman–Crippen LogP) is 2.28. The third-order valence-corrected chi connectivity index (χ3v) is 1.45. The number of halogens is 1. The van der Waals surface area contributed by atoms with E-state index in [4.69, 9.17) is 4.42 Å². The molecule has 0 radical (unpaired) electrons. The average molecular weight is 346 g/mol. The molecule has 0 aliphatic rings. The Balaban J connectivity index is 0.000000845. The topological polar surface area (TPSA) is 26.0 Å². The van der Waals surface area contributed by atoms with Crippen LogP contribution in [0.2, 0.25) is 0 Å². The minimum Gasteiger partial charge on any atom is -0.456 e. The summed E-state index contributed by atoms with van der Waals surface area (Å²) in [6.07, 6.45) is 3.01. The molecule has 0 saturated heterocycles. The van der Waals surface area contributed by atoms with Gasteiger partial charge in [0, 0.05) is 26.9 Å². The minimum atomic E-state index is -0.384. The number of nitrogens with zero attached hydrogens (tertiary/aromatic N) is 1. The van der Waals surface area contributed by atoms with E-state index in [2.05, 4.69) is 11.1 Å². The molecule has 1 aromatic carbocycles. The molecule has 0 unspecified atom stereocenters. The van der Waals surface area contributed by atoms with Crippen molar-refractivity contribution in [2.75, 3.05) is 0 Å². The summed E-state index contributed by atoms with van der Waals surface area (Å²) in [6.45, 7) is 0. The Morgan fingerprint density at radius 1 is 1.38 bits per heavy atom. The molecule has 0 bridgehead atoms. The molecule has 0 spiro atoms. The van der Waals surface area contributed by atoms with Crippen LogP contribution in [0.1, 0.15) is 0 Å². The molecule has 4 heteroatoms. The third-order valence-electron chi connectivity index (χ3n) is 1.45. The maximum Gasteiger partial charge on any atom is 0.168 e. The number of benzene rings is 1. The van der Waals surface area contributed by atoms with E-state index >= 15 is 0 Å². The fourth-order valence-electron chi connectivity index (χ4n) is 0.905. The van der Waals surface area contributed by atoms with Gasteiger partial charge >= 0.3 is 0 Å². The molecule has 1 heterocycles. The molecule has 0 aliphatic carbocycles. The van der Waals surface area contributed by atoms with Crippen molar-refractivity contribution in [2.45, 2.75) is 0 Å². The standard InChI is InChI=1S/C9H5FNO.W/c10-8-3-1-7(2-4-8)9-11-5-6-12-9;/h1-3,5-6H;/q-1;. The van der Waals surface area contributed by atoms with Crippen molar-refractivity contribution in [3.8, 4) is 11.5 Å². The molecule has 0 saturated carbocycles. The zero-order chi connectivity index (χ0) is 8.39. The number of oxazole rings is 1. The van der Waals surface area contributed by atoms with Gasteiger partial charge in [-0.25, -0.2) is 9.37 Å². The molecule has 66 valence electrons. The molecule has 1 aromatic heterocycles. The number of aromatic nitrogens is 1. The Labute approximate surface area is 89.1 Å². The smallest absolute Gasteiger partial charge is 0.168 e. The molecule has 2 rings (SSSR count). The van der Waals surface area contributed by atoms with Crippen LogP contribution in [0.3, 0.4) is 0 Å². The van der Waals surface area contributed by atoms with Crippen molar-refractivity contribution >= 4 is 0 Å². The van der Waals surface area contributed by atoms with Gasteiger partial charge in [0.1, 0.15) is 6.26 Å². The zero-order valence-electron chi connectivity index (χ0n) is 6.53. The minimum absolute atomic E-state index is 0. The molecule has 0 atom stereocenters. The van der Waals surface area contributed by atoms with E-state index in [1.165, 1.54) is 18.4 Å². The van der Waals surface area contributed by atoms with E-state index in [1.807, 2.05) is 0 Å². The molecule has 2 aromatic rings. The van der Waals surface area contributed by atoms with Crippen molar-refractivity contribution in [2.24, 2.45) is 0 Å². The van der Waals surface area contributed by atoms with Gasteiger partial charge in [0.2, 0.25) is 0 Å². The van der Waals surface area contributed by atoms with E-state index in [0.29, 0.717) is 5.89 Å². The predicted molar refractivity (Wildman–Crippen MR) is 40.7 cm³/mol.